The highest BCUT2D eigenvalue weighted by Gasteiger charge is 2.08. The molecule has 0 bridgehead atoms. The molecule has 12 heavy (non-hydrogen) atoms. The van der Waals surface area contributed by atoms with Crippen LogP contribution in [0.15, 0.2) is 17.5 Å². The zero-order valence-corrected chi connectivity index (χ0v) is 8.86. The van der Waals surface area contributed by atoms with E-state index < -0.39 is 0 Å². The molecule has 1 aromatic heterocycles. The van der Waals surface area contributed by atoms with Gasteiger partial charge in [0.05, 0.1) is 19.8 Å². The first-order chi connectivity index (χ1) is 5.70. The second-order valence-corrected chi connectivity index (χ2v) is 4.42. The number of rotatable bonds is 0. The maximum atomic E-state index is 5.94. The second-order valence-electron chi connectivity index (χ2n) is 2.32. The fourth-order valence-electron chi connectivity index (χ4n) is 1.04. The van der Waals surface area contributed by atoms with E-state index in [1.807, 2.05) is 5.38 Å². The molecule has 0 radical (unpaired) electrons. The number of hydrogen-bond acceptors (Lipinski definition) is 1. The molecule has 4 heteroatoms. The molecule has 0 atom stereocenters. The van der Waals surface area contributed by atoms with Gasteiger partial charge in [-0.1, -0.05) is 34.8 Å². The average Bonchev–Trinajstić information content (AvgIpc) is 2.42. The van der Waals surface area contributed by atoms with Gasteiger partial charge in [0.1, 0.15) is 0 Å². The number of thiophene rings is 1. The summed E-state index contributed by atoms with van der Waals surface area (Å²) in [6, 6.07) is 3.53. The van der Waals surface area contributed by atoms with Gasteiger partial charge >= 0.3 is 0 Å². The Kier molecular flexibility index (Phi) is 2.21. The highest BCUT2D eigenvalue weighted by molar-refractivity contribution is 7.18. The molecule has 1 heterocycles. The van der Waals surface area contributed by atoms with Crippen molar-refractivity contribution in [2.24, 2.45) is 0 Å². The molecule has 0 nitrogen and oxygen atoms in total. The topological polar surface area (TPSA) is 0 Å². The van der Waals surface area contributed by atoms with Crippen LogP contribution in [0.4, 0.5) is 0 Å². The Hall–Kier alpha value is 0.0500. The summed E-state index contributed by atoms with van der Waals surface area (Å²) in [6.07, 6.45) is 0. The minimum atomic E-state index is 0.653. The molecule has 0 aliphatic carbocycles. The van der Waals surface area contributed by atoms with Crippen LogP contribution in [0, 0.1) is 0 Å². The molecule has 0 saturated heterocycles. The van der Waals surface area contributed by atoms with Crippen LogP contribution in [0.1, 0.15) is 0 Å². The summed E-state index contributed by atoms with van der Waals surface area (Å²) < 4.78 is 0.953. The van der Waals surface area contributed by atoms with Gasteiger partial charge in [-0.2, -0.15) is 0 Å². The lowest BCUT2D eigenvalue weighted by molar-refractivity contribution is 1.84. The maximum Gasteiger partial charge on any atom is 0.0607 e. The van der Waals surface area contributed by atoms with Crippen molar-refractivity contribution in [2.45, 2.75) is 0 Å². The van der Waals surface area contributed by atoms with Crippen LogP contribution in [-0.2, 0) is 0 Å². The Bertz CT molecular complexity index is 433. The third-order valence-electron chi connectivity index (χ3n) is 1.58. The molecule has 2 rings (SSSR count). The summed E-state index contributed by atoms with van der Waals surface area (Å²) in [5, 5.41) is 4.72. The molecule has 0 amide bonds. The van der Waals surface area contributed by atoms with Gasteiger partial charge in [0.2, 0.25) is 0 Å². The standard InChI is InChI=1S/C8H3Cl3S/c9-4-1-2-5(10)8-7(4)6(11)3-12-8/h1-3H. The molecule has 1 aromatic carbocycles. The summed E-state index contributed by atoms with van der Waals surface area (Å²) in [6.45, 7) is 0. The van der Waals surface area contributed by atoms with Crippen LogP contribution < -0.4 is 0 Å². The molecule has 0 saturated carbocycles. The summed E-state index contributed by atoms with van der Waals surface area (Å²) in [5.41, 5.74) is 0. The normalized spacial score (nSPS) is 10.9. The van der Waals surface area contributed by atoms with Gasteiger partial charge in [-0.3, -0.25) is 0 Å². The first-order valence-corrected chi connectivity index (χ1v) is 5.22. The van der Waals surface area contributed by atoms with Gasteiger partial charge in [-0.25, -0.2) is 0 Å². The molecular formula is C8H3Cl3S. The Morgan fingerprint density at radius 1 is 0.917 bits per heavy atom. The third kappa shape index (κ3) is 1.21. The Labute approximate surface area is 88.7 Å². The van der Waals surface area contributed by atoms with Gasteiger partial charge < -0.3 is 0 Å². The minimum absolute atomic E-state index is 0.653. The lowest BCUT2D eigenvalue weighted by Crippen LogP contribution is -1.68. The summed E-state index contributed by atoms with van der Waals surface area (Å²) >= 11 is 19.3. The molecule has 0 aliphatic heterocycles. The van der Waals surface area contributed by atoms with Crippen LogP contribution in [-0.4, -0.2) is 0 Å². The fraction of sp³-hybridized carbons (Fsp3) is 0. The summed E-state index contributed by atoms with van der Waals surface area (Å²) in [4.78, 5) is 0. The smallest absolute Gasteiger partial charge is 0.0607 e. The van der Waals surface area contributed by atoms with E-state index in [4.69, 9.17) is 34.8 Å². The molecule has 2 aromatic rings. The highest BCUT2D eigenvalue weighted by atomic mass is 35.5. The average molecular weight is 238 g/mol. The summed E-state index contributed by atoms with van der Waals surface area (Å²) in [7, 11) is 0. The van der Waals surface area contributed by atoms with Gasteiger partial charge in [-0.05, 0) is 12.1 Å². The number of halogens is 3. The monoisotopic (exact) mass is 236 g/mol. The Balaban J connectivity index is 2.98. The number of hydrogen-bond donors (Lipinski definition) is 0. The molecule has 0 aliphatic rings. The first kappa shape index (κ1) is 8.64. The lowest BCUT2D eigenvalue weighted by Gasteiger charge is -1.95. The third-order valence-corrected chi connectivity index (χ3v) is 3.76. The van der Waals surface area contributed by atoms with Crippen molar-refractivity contribution in [3.63, 3.8) is 0 Å². The van der Waals surface area contributed by atoms with E-state index in [0.717, 1.165) is 10.1 Å². The van der Waals surface area contributed by atoms with Gasteiger partial charge in [0.15, 0.2) is 0 Å². The highest BCUT2D eigenvalue weighted by Crippen LogP contribution is 2.39. The molecule has 0 spiro atoms. The molecule has 0 unspecified atom stereocenters. The SMILES string of the molecule is Clc1ccc(Cl)c2c(Cl)csc12. The second kappa shape index (κ2) is 3.08. The van der Waals surface area contributed by atoms with Gasteiger partial charge in [-0.15, -0.1) is 11.3 Å². The van der Waals surface area contributed by atoms with Crippen molar-refractivity contribution in [1.82, 2.24) is 0 Å². The van der Waals surface area contributed by atoms with E-state index in [1.165, 1.54) is 11.3 Å². The van der Waals surface area contributed by atoms with E-state index in [2.05, 4.69) is 0 Å². The first-order valence-electron chi connectivity index (χ1n) is 3.21. The van der Waals surface area contributed by atoms with Crippen LogP contribution in [0.2, 0.25) is 15.1 Å². The van der Waals surface area contributed by atoms with Crippen LogP contribution >= 0.6 is 46.1 Å². The number of benzene rings is 1. The van der Waals surface area contributed by atoms with E-state index in [0.29, 0.717) is 15.1 Å². The van der Waals surface area contributed by atoms with E-state index in [9.17, 15) is 0 Å². The lowest BCUT2D eigenvalue weighted by atomic mass is 10.3. The largest absolute Gasteiger partial charge is 0.141 e. The van der Waals surface area contributed by atoms with Crippen LogP contribution in [0.25, 0.3) is 10.1 Å². The van der Waals surface area contributed by atoms with Crippen molar-refractivity contribution in [2.75, 3.05) is 0 Å². The van der Waals surface area contributed by atoms with Crippen molar-refractivity contribution >= 4 is 56.2 Å². The molecule has 0 N–H and O–H groups in total. The number of fused-ring (bicyclic) bond motifs is 1. The molecular weight excluding hydrogens is 235 g/mol. The molecule has 62 valence electrons. The maximum absolute atomic E-state index is 5.94. The van der Waals surface area contributed by atoms with Gasteiger partial charge in [0.25, 0.3) is 0 Å². The summed E-state index contributed by atoms with van der Waals surface area (Å²) in [5.74, 6) is 0. The van der Waals surface area contributed by atoms with Crippen LogP contribution in [0.5, 0.6) is 0 Å². The van der Waals surface area contributed by atoms with Crippen LogP contribution in [0.3, 0.4) is 0 Å². The van der Waals surface area contributed by atoms with Crippen molar-refractivity contribution < 1.29 is 0 Å². The zero-order chi connectivity index (χ0) is 8.72. The quantitative estimate of drug-likeness (QED) is 0.614. The fourth-order valence-corrected chi connectivity index (χ4v) is 2.94. The Morgan fingerprint density at radius 3 is 2.25 bits per heavy atom. The minimum Gasteiger partial charge on any atom is -0.141 e. The predicted octanol–water partition coefficient (Wildman–Crippen LogP) is 4.86. The zero-order valence-electron chi connectivity index (χ0n) is 5.77. The van der Waals surface area contributed by atoms with E-state index in [-0.39, 0.29) is 0 Å². The Morgan fingerprint density at radius 2 is 1.58 bits per heavy atom. The van der Waals surface area contributed by atoms with Crippen molar-refractivity contribution in [3.05, 3.63) is 32.6 Å². The van der Waals surface area contributed by atoms with Gasteiger partial charge in [0, 0.05) is 10.8 Å². The van der Waals surface area contributed by atoms with Crippen molar-refractivity contribution in [1.29, 1.82) is 0 Å². The van der Waals surface area contributed by atoms with E-state index in [1.54, 1.807) is 12.1 Å². The molecule has 0 fully saturated rings. The van der Waals surface area contributed by atoms with Crippen molar-refractivity contribution in [3.8, 4) is 0 Å². The predicted molar refractivity (Wildman–Crippen MR) is 56.9 cm³/mol. The van der Waals surface area contributed by atoms with E-state index >= 15 is 0 Å².